The Kier molecular flexibility index (Phi) is 8.73. The van der Waals surface area contributed by atoms with Crippen LogP contribution in [0.3, 0.4) is 0 Å². The van der Waals surface area contributed by atoms with Gasteiger partial charge < -0.3 is 10.2 Å². The van der Waals surface area contributed by atoms with Gasteiger partial charge in [0, 0.05) is 29.8 Å². The van der Waals surface area contributed by atoms with E-state index < -0.39 is 17.6 Å². The van der Waals surface area contributed by atoms with E-state index in [4.69, 9.17) is 0 Å². The van der Waals surface area contributed by atoms with Gasteiger partial charge in [-0.15, -0.1) is 12.4 Å². The molecule has 0 atom stereocenters. The third-order valence-corrected chi connectivity index (χ3v) is 5.63. The van der Waals surface area contributed by atoms with Gasteiger partial charge in [0.25, 0.3) is 5.91 Å². The van der Waals surface area contributed by atoms with Gasteiger partial charge in [0.05, 0.1) is 23.1 Å². The molecule has 1 aromatic heterocycles. The molecule has 0 bridgehead atoms. The van der Waals surface area contributed by atoms with Crippen molar-refractivity contribution in [3.8, 4) is 28.1 Å². The zero-order chi connectivity index (χ0) is 25.9. The second-order valence-corrected chi connectivity index (χ2v) is 8.47. The largest absolute Gasteiger partial charge is 0.417 e. The van der Waals surface area contributed by atoms with E-state index in [1.807, 2.05) is 19.0 Å². The van der Waals surface area contributed by atoms with Gasteiger partial charge in [0.1, 0.15) is 5.82 Å². The Morgan fingerprint density at radius 1 is 0.946 bits per heavy atom. The van der Waals surface area contributed by atoms with Gasteiger partial charge in [-0.2, -0.15) is 18.3 Å². The molecule has 5 nitrogen and oxygen atoms in total. The maximum absolute atomic E-state index is 13.9. The van der Waals surface area contributed by atoms with E-state index in [0.29, 0.717) is 35.5 Å². The molecule has 0 saturated carbocycles. The quantitative estimate of drug-likeness (QED) is 0.294. The number of alkyl halides is 3. The molecule has 37 heavy (non-hydrogen) atoms. The molecule has 3 aromatic carbocycles. The van der Waals surface area contributed by atoms with Crippen molar-refractivity contribution in [1.82, 2.24) is 20.0 Å². The standard InChI is InChI=1S/C27H24F4N4O.ClH/c1-34(2)16-15-32-26(36)19-9-13-21(14-10-19)35-25(22-5-3-4-6-24(22)27(29,30)31)23(17-33-35)18-7-11-20(28)12-8-18;/h3-14,17H,15-16H2,1-2H3,(H,32,36);1H. The summed E-state index contributed by atoms with van der Waals surface area (Å²) >= 11 is 0. The number of nitrogens with zero attached hydrogens (tertiary/aromatic N) is 3. The summed E-state index contributed by atoms with van der Waals surface area (Å²) in [6.45, 7) is 1.16. The molecule has 1 heterocycles. The van der Waals surface area contributed by atoms with Gasteiger partial charge >= 0.3 is 6.18 Å². The predicted octanol–water partition coefficient (Wildman–Crippen LogP) is 6.08. The summed E-state index contributed by atoms with van der Waals surface area (Å²) in [5, 5.41) is 7.20. The van der Waals surface area contributed by atoms with E-state index in [1.54, 1.807) is 24.3 Å². The van der Waals surface area contributed by atoms with Crippen LogP contribution in [0.15, 0.2) is 79.0 Å². The third kappa shape index (κ3) is 6.36. The van der Waals surface area contributed by atoms with Gasteiger partial charge in [0.2, 0.25) is 0 Å². The van der Waals surface area contributed by atoms with Crippen LogP contribution in [-0.2, 0) is 6.18 Å². The van der Waals surface area contributed by atoms with E-state index in [2.05, 4.69) is 10.4 Å². The topological polar surface area (TPSA) is 50.2 Å². The summed E-state index contributed by atoms with van der Waals surface area (Å²) in [5.74, 6) is -0.707. The molecule has 0 aliphatic rings. The lowest BCUT2D eigenvalue weighted by molar-refractivity contribution is -0.137. The monoisotopic (exact) mass is 532 g/mol. The molecule has 0 radical (unpaired) electrons. The normalized spacial score (nSPS) is 11.3. The van der Waals surface area contributed by atoms with Crippen molar-refractivity contribution in [2.45, 2.75) is 6.18 Å². The lowest BCUT2D eigenvalue weighted by atomic mass is 9.97. The van der Waals surface area contributed by atoms with Crippen molar-refractivity contribution in [3.63, 3.8) is 0 Å². The van der Waals surface area contributed by atoms with Crippen LogP contribution in [0.2, 0.25) is 0 Å². The minimum atomic E-state index is -4.60. The maximum Gasteiger partial charge on any atom is 0.417 e. The van der Waals surface area contributed by atoms with E-state index >= 15 is 0 Å². The summed E-state index contributed by atoms with van der Waals surface area (Å²) in [5.41, 5.74) is 1.15. The lowest BCUT2D eigenvalue weighted by Gasteiger charge is -2.16. The Hall–Kier alpha value is -3.69. The fourth-order valence-electron chi connectivity index (χ4n) is 3.83. The highest BCUT2D eigenvalue weighted by Gasteiger charge is 2.35. The highest BCUT2D eigenvalue weighted by molar-refractivity contribution is 5.94. The smallest absolute Gasteiger partial charge is 0.351 e. The molecule has 194 valence electrons. The van der Waals surface area contributed by atoms with Crippen molar-refractivity contribution in [2.24, 2.45) is 0 Å². The third-order valence-electron chi connectivity index (χ3n) is 5.63. The molecule has 0 fully saturated rings. The number of carbonyl (C=O) groups excluding carboxylic acids is 1. The molecule has 4 aromatic rings. The predicted molar refractivity (Wildman–Crippen MR) is 138 cm³/mol. The average molecular weight is 533 g/mol. The molecule has 0 aliphatic heterocycles. The molecule has 1 N–H and O–H groups in total. The van der Waals surface area contributed by atoms with Gasteiger partial charge in [-0.1, -0.05) is 30.3 Å². The summed E-state index contributed by atoms with van der Waals surface area (Å²) in [6.07, 6.45) is -3.14. The molecule has 0 spiro atoms. The maximum atomic E-state index is 13.9. The lowest BCUT2D eigenvalue weighted by Crippen LogP contribution is -2.31. The Morgan fingerprint density at radius 3 is 2.22 bits per heavy atom. The highest BCUT2D eigenvalue weighted by atomic mass is 35.5. The summed E-state index contributed by atoms with van der Waals surface area (Å²) in [7, 11) is 3.81. The molecular formula is C27H25ClF4N4O. The van der Waals surface area contributed by atoms with Crippen LogP contribution in [0.1, 0.15) is 15.9 Å². The van der Waals surface area contributed by atoms with Crippen LogP contribution >= 0.6 is 12.4 Å². The SMILES string of the molecule is CN(C)CCNC(=O)c1ccc(-n2ncc(-c3ccc(F)cc3)c2-c2ccccc2C(F)(F)F)cc1.Cl. The first-order valence-corrected chi connectivity index (χ1v) is 11.2. The van der Waals surface area contributed by atoms with Crippen LogP contribution in [0.5, 0.6) is 0 Å². The molecular weight excluding hydrogens is 508 g/mol. The summed E-state index contributed by atoms with van der Waals surface area (Å²) in [6, 6.07) is 17.2. The fraction of sp³-hybridized carbons (Fsp3) is 0.185. The minimum Gasteiger partial charge on any atom is -0.351 e. The Bertz CT molecular complexity index is 1350. The minimum absolute atomic E-state index is 0. The fourth-order valence-corrected chi connectivity index (χ4v) is 3.83. The molecule has 4 rings (SSSR count). The second-order valence-electron chi connectivity index (χ2n) is 8.47. The van der Waals surface area contributed by atoms with Crippen molar-refractivity contribution in [3.05, 3.63) is 95.9 Å². The van der Waals surface area contributed by atoms with Gasteiger partial charge in [-0.05, 0) is 62.1 Å². The number of hydrogen-bond donors (Lipinski definition) is 1. The Morgan fingerprint density at radius 2 is 1.59 bits per heavy atom. The van der Waals surface area contributed by atoms with Gasteiger partial charge in [0.15, 0.2) is 0 Å². The second kappa shape index (κ2) is 11.6. The van der Waals surface area contributed by atoms with Crippen LogP contribution in [0.4, 0.5) is 17.6 Å². The van der Waals surface area contributed by atoms with E-state index in [0.717, 1.165) is 6.07 Å². The Labute approximate surface area is 218 Å². The molecule has 0 saturated heterocycles. The number of hydrogen-bond acceptors (Lipinski definition) is 3. The number of halogens is 5. The zero-order valence-electron chi connectivity index (χ0n) is 20.1. The first-order chi connectivity index (χ1) is 17.1. The summed E-state index contributed by atoms with van der Waals surface area (Å²) < 4.78 is 56.7. The van der Waals surface area contributed by atoms with Gasteiger partial charge in [-0.25, -0.2) is 9.07 Å². The number of benzene rings is 3. The highest BCUT2D eigenvalue weighted by Crippen LogP contribution is 2.41. The number of rotatable bonds is 7. The van der Waals surface area contributed by atoms with Crippen molar-refractivity contribution >= 4 is 18.3 Å². The van der Waals surface area contributed by atoms with E-state index in [1.165, 1.54) is 53.3 Å². The Balaban J connectivity index is 0.00000380. The van der Waals surface area contributed by atoms with Crippen molar-refractivity contribution in [2.75, 3.05) is 27.2 Å². The van der Waals surface area contributed by atoms with Crippen molar-refractivity contribution < 1.29 is 22.4 Å². The van der Waals surface area contributed by atoms with Crippen LogP contribution in [0.25, 0.3) is 28.1 Å². The molecule has 1 amide bonds. The number of likely N-dealkylation sites (N-methyl/N-ethyl adjacent to an activating group) is 1. The number of amides is 1. The number of carbonyl (C=O) groups is 1. The number of aromatic nitrogens is 2. The van der Waals surface area contributed by atoms with E-state index in [9.17, 15) is 22.4 Å². The molecule has 0 aliphatic carbocycles. The van der Waals surface area contributed by atoms with Crippen LogP contribution < -0.4 is 5.32 Å². The van der Waals surface area contributed by atoms with Gasteiger partial charge in [-0.3, -0.25) is 4.79 Å². The number of nitrogens with one attached hydrogen (secondary N) is 1. The molecule has 10 heteroatoms. The van der Waals surface area contributed by atoms with Crippen molar-refractivity contribution in [1.29, 1.82) is 0 Å². The van der Waals surface area contributed by atoms with E-state index in [-0.39, 0.29) is 29.6 Å². The van der Waals surface area contributed by atoms with Crippen LogP contribution in [0, 0.1) is 5.82 Å². The zero-order valence-corrected chi connectivity index (χ0v) is 20.9. The van der Waals surface area contributed by atoms with Crippen LogP contribution in [-0.4, -0.2) is 47.8 Å². The first kappa shape index (κ1) is 27.9. The summed E-state index contributed by atoms with van der Waals surface area (Å²) in [4.78, 5) is 14.4. The first-order valence-electron chi connectivity index (χ1n) is 11.2. The molecule has 0 unspecified atom stereocenters. The average Bonchev–Trinajstić information content (AvgIpc) is 3.29.